The number of β-amino-alcohol motifs (C(OH)–C–C–N with tert-alkyl or cyclic N) is 1. The second-order valence-corrected chi connectivity index (χ2v) is 3.57. The predicted molar refractivity (Wildman–Crippen MR) is 47.9 cm³/mol. The summed E-state index contributed by atoms with van der Waals surface area (Å²) < 4.78 is 13.5. The van der Waals surface area contributed by atoms with Crippen molar-refractivity contribution in [2.75, 3.05) is 13.1 Å². The number of benzene rings is 1. The number of aryl methyl sites for hydroxylation is 1. The van der Waals surface area contributed by atoms with Crippen molar-refractivity contribution in [2.45, 2.75) is 12.5 Å². The van der Waals surface area contributed by atoms with E-state index in [-0.39, 0.29) is 5.82 Å². The van der Waals surface area contributed by atoms with E-state index in [1.807, 2.05) is 0 Å². The van der Waals surface area contributed by atoms with Crippen molar-refractivity contribution >= 4 is 0 Å². The van der Waals surface area contributed by atoms with Gasteiger partial charge < -0.3 is 10.4 Å². The van der Waals surface area contributed by atoms with Crippen molar-refractivity contribution in [2.24, 2.45) is 0 Å². The molecule has 1 heterocycles. The van der Waals surface area contributed by atoms with Crippen molar-refractivity contribution in [1.82, 2.24) is 5.32 Å². The van der Waals surface area contributed by atoms with Crippen molar-refractivity contribution < 1.29 is 9.50 Å². The van der Waals surface area contributed by atoms with Gasteiger partial charge in [-0.3, -0.25) is 0 Å². The summed E-state index contributed by atoms with van der Waals surface area (Å²) in [5.41, 5.74) is -0.0000926. The number of halogens is 1. The van der Waals surface area contributed by atoms with Crippen LogP contribution in [0.4, 0.5) is 4.39 Å². The Kier molecular flexibility index (Phi) is 1.86. The number of aliphatic hydroxyl groups is 1. The maximum Gasteiger partial charge on any atom is 0.132 e. The second-order valence-electron chi connectivity index (χ2n) is 3.57. The smallest absolute Gasteiger partial charge is 0.132 e. The molecule has 0 radical (unpaired) electrons. The third kappa shape index (κ3) is 1.24. The Morgan fingerprint density at radius 3 is 2.69 bits per heavy atom. The molecule has 0 atom stereocenters. The highest BCUT2D eigenvalue weighted by Gasteiger charge is 2.38. The van der Waals surface area contributed by atoms with Crippen LogP contribution in [0, 0.1) is 12.7 Å². The Hall–Kier alpha value is -0.930. The van der Waals surface area contributed by atoms with Crippen molar-refractivity contribution in [1.29, 1.82) is 0 Å². The lowest BCUT2D eigenvalue weighted by Gasteiger charge is -2.38. The van der Waals surface area contributed by atoms with E-state index in [9.17, 15) is 9.50 Å². The Labute approximate surface area is 76.4 Å². The molecule has 0 amide bonds. The number of hydrogen-bond donors (Lipinski definition) is 2. The Bertz CT molecular complexity index is 334. The summed E-state index contributed by atoms with van der Waals surface area (Å²) in [6, 6.07) is 5.11. The number of hydrogen-bond acceptors (Lipinski definition) is 2. The highest BCUT2D eigenvalue weighted by molar-refractivity contribution is 5.32. The zero-order chi connectivity index (χ0) is 9.47. The molecule has 2 rings (SSSR count). The molecule has 2 N–H and O–H groups in total. The van der Waals surface area contributed by atoms with Crippen LogP contribution in [0.5, 0.6) is 0 Å². The summed E-state index contributed by atoms with van der Waals surface area (Å²) >= 11 is 0. The van der Waals surface area contributed by atoms with Gasteiger partial charge in [-0.2, -0.15) is 0 Å². The maximum absolute atomic E-state index is 13.5. The minimum atomic E-state index is -0.990. The van der Waals surface area contributed by atoms with E-state index in [0.29, 0.717) is 24.2 Å². The molecule has 0 saturated carbocycles. The van der Waals surface area contributed by atoms with E-state index in [1.54, 1.807) is 25.1 Å². The topological polar surface area (TPSA) is 32.3 Å². The summed E-state index contributed by atoms with van der Waals surface area (Å²) in [5.74, 6) is -0.286. The molecule has 1 aliphatic heterocycles. The van der Waals surface area contributed by atoms with Gasteiger partial charge in [0, 0.05) is 18.7 Å². The molecule has 0 unspecified atom stereocenters. The minimum Gasteiger partial charge on any atom is -0.382 e. The molecular formula is C10H12FNO. The lowest BCUT2D eigenvalue weighted by Crippen LogP contribution is -2.57. The van der Waals surface area contributed by atoms with Gasteiger partial charge in [-0.25, -0.2) is 4.39 Å². The first-order chi connectivity index (χ1) is 6.13. The van der Waals surface area contributed by atoms with Gasteiger partial charge in [-0.05, 0) is 12.5 Å². The van der Waals surface area contributed by atoms with Gasteiger partial charge in [0.25, 0.3) is 0 Å². The Morgan fingerprint density at radius 1 is 1.46 bits per heavy atom. The summed E-state index contributed by atoms with van der Waals surface area (Å²) in [6.07, 6.45) is 0. The van der Waals surface area contributed by atoms with Crippen molar-refractivity contribution in [3.05, 3.63) is 35.1 Å². The van der Waals surface area contributed by atoms with Crippen LogP contribution in [-0.4, -0.2) is 18.2 Å². The number of rotatable bonds is 1. The fourth-order valence-corrected chi connectivity index (χ4v) is 1.56. The standard InChI is InChI=1S/C10H12FNO/c1-7-3-2-4-8(9(7)11)10(13)5-12-6-10/h2-4,12-13H,5-6H2,1H3. The van der Waals surface area contributed by atoms with E-state index in [1.165, 1.54) is 0 Å². The molecule has 3 heteroatoms. The molecule has 1 aromatic carbocycles. The Balaban J connectivity index is 2.45. The molecular weight excluding hydrogens is 169 g/mol. The molecule has 1 fully saturated rings. The van der Waals surface area contributed by atoms with E-state index < -0.39 is 5.60 Å². The van der Waals surface area contributed by atoms with Crippen LogP contribution >= 0.6 is 0 Å². The largest absolute Gasteiger partial charge is 0.382 e. The molecule has 2 nitrogen and oxygen atoms in total. The molecule has 0 spiro atoms. The zero-order valence-corrected chi connectivity index (χ0v) is 7.47. The van der Waals surface area contributed by atoms with Crippen LogP contribution in [0.15, 0.2) is 18.2 Å². The van der Waals surface area contributed by atoms with Crippen molar-refractivity contribution in [3.8, 4) is 0 Å². The van der Waals surface area contributed by atoms with Gasteiger partial charge in [-0.15, -0.1) is 0 Å². The lowest BCUT2D eigenvalue weighted by molar-refractivity contribution is -0.0177. The van der Waals surface area contributed by atoms with E-state index in [4.69, 9.17) is 0 Å². The minimum absolute atomic E-state index is 0.286. The van der Waals surface area contributed by atoms with E-state index in [0.717, 1.165) is 0 Å². The monoisotopic (exact) mass is 181 g/mol. The molecule has 1 aromatic rings. The zero-order valence-electron chi connectivity index (χ0n) is 7.47. The quantitative estimate of drug-likeness (QED) is 0.675. The molecule has 1 aliphatic rings. The van der Waals surface area contributed by atoms with Crippen LogP contribution < -0.4 is 5.32 Å². The average molecular weight is 181 g/mol. The van der Waals surface area contributed by atoms with Crippen LogP contribution in [-0.2, 0) is 5.60 Å². The third-order valence-electron chi connectivity index (χ3n) is 2.53. The first-order valence-electron chi connectivity index (χ1n) is 4.32. The highest BCUT2D eigenvalue weighted by atomic mass is 19.1. The highest BCUT2D eigenvalue weighted by Crippen LogP contribution is 2.28. The summed E-state index contributed by atoms with van der Waals surface area (Å²) in [4.78, 5) is 0. The first kappa shape index (κ1) is 8.66. The first-order valence-corrected chi connectivity index (χ1v) is 4.32. The normalized spacial score (nSPS) is 19.6. The van der Waals surface area contributed by atoms with Crippen LogP contribution in [0.25, 0.3) is 0 Å². The molecule has 0 aliphatic carbocycles. The summed E-state index contributed by atoms with van der Waals surface area (Å²) in [7, 11) is 0. The van der Waals surface area contributed by atoms with Gasteiger partial charge in [0.05, 0.1) is 0 Å². The van der Waals surface area contributed by atoms with Crippen LogP contribution in [0.1, 0.15) is 11.1 Å². The molecule has 0 bridgehead atoms. The van der Waals surface area contributed by atoms with Gasteiger partial charge in [0.15, 0.2) is 0 Å². The van der Waals surface area contributed by atoms with Crippen LogP contribution in [0.2, 0.25) is 0 Å². The third-order valence-corrected chi connectivity index (χ3v) is 2.53. The molecule has 13 heavy (non-hydrogen) atoms. The second kappa shape index (κ2) is 2.79. The van der Waals surface area contributed by atoms with Gasteiger partial charge in [0.2, 0.25) is 0 Å². The fourth-order valence-electron chi connectivity index (χ4n) is 1.56. The predicted octanol–water partition coefficient (Wildman–Crippen LogP) is 0.925. The van der Waals surface area contributed by atoms with Gasteiger partial charge >= 0.3 is 0 Å². The number of nitrogens with one attached hydrogen (secondary N) is 1. The SMILES string of the molecule is Cc1cccc(C2(O)CNC2)c1F. The molecule has 1 saturated heterocycles. The summed E-state index contributed by atoms with van der Waals surface area (Å²) in [6.45, 7) is 2.58. The lowest BCUT2D eigenvalue weighted by atomic mass is 9.87. The maximum atomic E-state index is 13.5. The van der Waals surface area contributed by atoms with Gasteiger partial charge in [0.1, 0.15) is 11.4 Å². The van der Waals surface area contributed by atoms with E-state index in [2.05, 4.69) is 5.32 Å². The van der Waals surface area contributed by atoms with Gasteiger partial charge in [-0.1, -0.05) is 18.2 Å². The molecule has 0 aromatic heterocycles. The summed E-state index contributed by atoms with van der Waals surface area (Å²) in [5, 5.41) is 12.8. The van der Waals surface area contributed by atoms with Crippen molar-refractivity contribution in [3.63, 3.8) is 0 Å². The Morgan fingerprint density at radius 2 is 2.15 bits per heavy atom. The van der Waals surface area contributed by atoms with Crippen LogP contribution in [0.3, 0.4) is 0 Å². The average Bonchev–Trinajstić information content (AvgIpc) is 2.06. The fraction of sp³-hybridized carbons (Fsp3) is 0.400. The van der Waals surface area contributed by atoms with E-state index >= 15 is 0 Å². The molecule has 70 valence electrons.